The van der Waals surface area contributed by atoms with Crippen LogP contribution in [0.2, 0.25) is 0 Å². The first-order chi connectivity index (χ1) is 16.0. The number of carbonyl (C=O) groups excluding carboxylic acids is 1. The molecule has 0 bridgehead atoms. The lowest BCUT2D eigenvalue weighted by Gasteiger charge is -2.36. The fraction of sp³-hybridized carbons (Fsp3) is 0.444. The maximum Gasteiger partial charge on any atom is 0.227 e. The van der Waals surface area contributed by atoms with Crippen LogP contribution in [0.25, 0.3) is 10.9 Å². The Balaban J connectivity index is 1.37. The molecule has 0 unspecified atom stereocenters. The van der Waals surface area contributed by atoms with Crippen molar-refractivity contribution in [3.8, 4) is 5.75 Å². The number of likely N-dealkylation sites (tertiary alicyclic amines) is 1. The Morgan fingerprint density at radius 3 is 2.70 bits per heavy atom. The molecule has 5 rings (SSSR count). The van der Waals surface area contributed by atoms with E-state index < -0.39 is 0 Å². The van der Waals surface area contributed by atoms with Gasteiger partial charge in [0.05, 0.1) is 30.3 Å². The van der Waals surface area contributed by atoms with Crippen molar-refractivity contribution in [3.63, 3.8) is 0 Å². The van der Waals surface area contributed by atoms with Crippen molar-refractivity contribution in [2.24, 2.45) is 5.92 Å². The maximum absolute atomic E-state index is 13.7. The van der Waals surface area contributed by atoms with Crippen LogP contribution in [-0.4, -0.2) is 47.5 Å². The Morgan fingerprint density at radius 1 is 1.03 bits per heavy atom. The number of amides is 1. The number of benzene rings is 2. The van der Waals surface area contributed by atoms with Crippen molar-refractivity contribution < 1.29 is 9.53 Å². The van der Waals surface area contributed by atoms with E-state index in [4.69, 9.17) is 14.7 Å². The SMILES string of the molecule is COc1ccccc1[C@@H]1CCCN1C(=O)[C@H]1CCCN(c2nc(C)c3ccc(C)cc3n2)C1. The Kier molecular flexibility index (Phi) is 5.92. The van der Waals surface area contributed by atoms with E-state index in [-0.39, 0.29) is 17.9 Å². The predicted octanol–water partition coefficient (Wildman–Crippen LogP) is 4.84. The Morgan fingerprint density at radius 2 is 1.85 bits per heavy atom. The molecule has 3 heterocycles. The molecule has 33 heavy (non-hydrogen) atoms. The van der Waals surface area contributed by atoms with E-state index in [1.54, 1.807) is 7.11 Å². The average Bonchev–Trinajstić information content (AvgIpc) is 3.33. The zero-order valence-electron chi connectivity index (χ0n) is 19.8. The normalized spacial score (nSPS) is 20.9. The van der Waals surface area contributed by atoms with Crippen molar-refractivity contribution in [1.29, 1.82) is 0 Å². The van der Waals surface area contributed by atoms with E-state index in [1.165, 1.54) is 5.56 Å². The van der Waals surface area contributed by atoms with Gasteiger partial charge in [0, 0.05) is 30.6 Å². The highest BCUT2D eigenvalue weighted by molar-refractivity contribution is 5.83. The molecule has 2 aliphatic heterocycles. The van der Waals surface area contributed by atoms with Crippen molar-refractivity contribution in [2.75, 3.05) is 31.6 Å². The first-order valence-electron chi connectivity index (χ1n) is 12.0. The van der Waals surface area contributed by atoms with Gasteiger partial charge in [0.25, 0.3) is 0 Å². The highest BCUT2D eigenvalue weighted by Gasteiger charge is 2.37. The molecule has 0 spiro atoms. The summed E-state index contributed by atoms with van der Waals surface area (Å²) in [5.74, 6) is 1.82. The number of ether oxygens (including phenoxy) is 1. The van der Waals surface area contributed by atoms with Gasteiger partial charge in [-0.05, 0) is 57.2 Å². The fourth-order valence-corrected chi connectivity index (χ4v) is 5.41. The van der Waals surface area contributed by atoms with Crippen LogP contribution in [0.4, 0.5) is 5.95 Å². The van der Waals surface area contributed by atoms with Gasteiger partial charge in [0.1, 0.15) is 5.75 Å². The van der Waals surface area contributed by atoms with E-state index in [1.807, 2.05) is 25.1 Å². The number of fused-ring (bicyclic) bond motifs is 1. The number of anilines is 1. The van der Waals surface area contributed by atoms with Crippen LogP contribution in [-0.2, 0) is 4.79 Å². The maximum atomic E-state index is 13.7. The van der Waals surface area contributed by atoms with E-state index in [9.17, 15) is 4.79 Å². The van der Waals surface area contributed by atoms with Gasteiger partial charge in [0.15, 0.2) is 0 Å². The number of methoxy groups -OCH3 is 1. The second kappa shape index (κ2) is 9.00. The van der Waals surface area contributed by atoms with Crippen LogP contribution in [0.3, 0.4) is 0 Å². The molecule has 6 heteroatoms. The van der Waals surface area contributed by atoms with Crippen LogP contribution in [0, 0.1) is 19.8 Å². The zero-order chi connectivity index (χ0) is 22.9. The number of para-hydroxylation sites is 1. The van der Waals surface area contributed by atoms with Crippen molar-refractivity contribution >= 4 is 22.8 Å². The topological polar surface area (TPSA) is 58.6 Å². The van der Waals surface area contributed by atoms with Crippen molar-refractivity contribution in [3.05, 3.63) is 59.3 Å². The summed E-state index contributed by atoms with van der Waals surface area (Å²) in [6, 6.07) is 14.5. The summed E-state index contributed by atoms with van der Waals surface area (Å²) in [6.45, 7) is 6.49. The molecular formula is C27H32N4O2. The van der Waals surface area contributed by atoms with Gasteiger partial charge in [-0.2, -0.15) is 0 Å². The molecule has 1 aromatic heterocycles. The summed E-state index contributed by atoms with van der Waals surface area (Å²) in [5, 5.41) is 1.09. The van der Waals surface area contributed by atoms with Crippen molar-refractivity contribution in [1.82, 2.24) is 14.9 Å². The van der Waals surface area contributed by atoms with Gasteiger partial charge in [-0.25, -0.2) is 9.97 Å². The predicted molar refractivity (Wildman–Crippen MR) is 131 cm³/mol. The number of rotatable bonds is 4. The van der Waals surface area contributed by atoms with Crippen LogP contribution in [0.15, 0.2) is 42.5 Å². The number of carbonyl (C=O) groups is 1. The Hall–Kier alpha value is -3.15. The molecular weight excluding hydrogens is 412 g/mol. The fourth-order valence-electron chi connectivity index (χ4n) is 5.41. The summed E-state index contributed by atoms with van der Waals surface area (Å²) < 4.78 is 5.60. The third kappa shape index (κ3) is 4.14. The number of hydrogen-bond donors (Lipinski definition) is 0. The molecule has 2 saturated heterocycles. The third-order valence-electron chi connectivity index (χ3n) is 7.12. The lowest BCUT2D eigenvalue weighted by Crippen LogP contribution is -2.45. The summed E-state index contributed by atoms with van der Waals surface area (Å²) in [6.07, 6.45) is 3.89. The monoisotopic (exact) mass is 444 g/mol. The van der Waals surface area contributed by atoms with Gasteiger partial charge < -0.3 is 14.5 Å². The Labute approximate surface area is 195 Å². The van der Waals surface area contributed by atoms with Crippen LogP contribution in [0.5, 0.6) is 5.75 Å². The molecule has 172 valence electrons. The number of aryl methyl sites for hydroxylation is 2. The van der Waals surface area contributed by atoms with E-state index in [0.29, 0.717) is 6.54 Å². The van der Waals surface area contributed by atoms with Gasteiger partial charge in [-0.1, -0.05) is 30.3 Å². The molecule has 1 amide bonds. The van der Waals surface area contributed by atoms with Gasteiger partial charge in [0.2, 0.25) is 11.9 Å². The van der Waals surface area contributed by atoms with Crippen LogP contribution >= 0.6 is 0 Å². The quantitative estimate of drug-likeness (QED) is 0.577. The molecule has 6 nitrogen and oxygen atoms in total. The molecule has 0 radical (unpaired) electrons. The minimum absolute atomic E-state index is 0.0360. The lowest BCUT2D eigenvalue weighted by molar-refractivity contribution is -0.136. The smallest absolute Gasteiger partial charge is 0.227 e. The molecule has 0 aliphatic carbocycles. The minimum atomic E-state index is -0.0360. The molecule has 3 aromatic rings. The number of aromatic nitrogens is 2. The summed E-state index contributed by atoms with van der Waals surface area (Å²) in [4.78, 5) is 27.7. The summed E-state index contributed by atoms with van der Waals surface area (Å²) in [5.41, 5.74) is 4.26. The standard InChI is InChI=1S/C27H32N4O2/c1-18-12-13-21-19(2)28-27(29-23(21)16-18)30-14-6-8-20(17-30)26(32)31-15-7-10-24(31)22-9-4-5-11-25(22)33-3/h4-5,9,11-13,16,20,24H,6-8,10,14-15,17H2,1-3H3/t20-,24-/m0/s1. The average molecular weight is 445 g/mol. The third-order valence-corrected chi connectivity index (χ3v) is 7.12. The molecule has 2 aromatic carbocycles. The second-order valence-electron chi connectivity index (χ2n) is 9.35. The summed E-state index contributed by atoms with van der Waals surface area (Å²) in [7, 11) is 1.70. The van der Waals surface area contributed by atoms with Gasteiger partial charge in [-0.15, -0.1) is 0 Å². The molecule has 2 aliphatic rings. The minimum Gasteiger partial charge on any atom is -0.496 e. The molecule has 0 N–H and O–H groups in total. The van der Waals surface area contributed by atoms with Crippen molar-refractivity contribution in [2.45, 2.75) is 45.6 Å². The highest BCUT2D eigenvalue weighted by atomic mass is 16.5. The van der Waals surface area contributed by atoms with E-state index >= 15 is 0 Å². The molecule has 2 atom stereocenters. The van der Waals surface area contributed by atoms with Crippen LogP contribution < -0.4 is 9.64 Å². The van der Waals surface area contributed by atoms with Gasteiger partial charge >= 0.3 is 0 Å². The largest absolute Gasteiger partial charge is 0.496 e. The zero-order valence-corrected chi connectivity index (χ0v) is 19.8. The lowest BCUT2D eigenvalue weighted by atomic mass is 9.95. The number of hydrogen-bond acceptors (Lipinski definition) is 5. The first kappa shape index (κ1) is 21.7. The molecule has 0 saturated carbocycles. The number of piperidine rings is 1. The first-order valence-corrected chi connectivity index (χ1v) is 12.0. The van der Waals surface area contributed by atoms with Crippen LogP contribution in [0.1, 0.15) is 48.5 Å². The Bertz CT molecular complexity index is 1180. The van der Waals surface area contributed by atoms with E-state index in [2.05, 4.69) is 41.0 Å². The summed E-state index contributed by atoms with van der Waals surface area (Å²) >= 11 is 0. The van der Waals surface area contributed by atoms with Gasteiger partial charge in [-0.3, -0.25) is 4.79 Å². The highest BCUT2D eigenvalue weighted by Crippen LogP contribution is 2.38. The number of nitrogens with zero attached hydrogens (tertiary/aromatic N) is 4. The van der Waals surface area contributed by atoms with E-state index in [0.717, 1.165) is 72.6 Å². The molecule has 2 fully saturated rings. The second-order valence-corrected chi connectivity index (χ2v) is 9.35.